The van der Waals surface area contributed by atoms with Crippen LogP contribution in [0.1, 0.15) is 64.2 Å². The van der Waals surface area contributed by atoms with Crippen molar-refractivity contribution in [1.82, 2.24) is 5.32 Å². The summed E-state index contributed by atoms with van der Waals surface area (Å²) in [5.74, 6) is 0.241. The Morgan fingerprint density at radius 1 is 1.11 bits per heavy atom. The van der Waals surface area contributed by atoms with Gasteiger partial charge >= 0.3 is 0 Å². The van der Waals surface area contributed by atoms with E-state index in [1.54, 1.807) is 0 Å². The van der Waals surface area contributed by atoms with Crippen LogP contribution in [-0.4, -0.2) is 23.6 Å². The van der Waals surface area contributed by atoms with Crippen molar-refractivity contribution >= 4 is 11.8 Å². The molecule has 0 aromatic heterocycles. The summed E-state index contributed by atoms with van der Waals surface area (Å²) < 4.78 is 0.449. The van der Waals surface area contributed by atoms with Crippen LogP contribution in [-0.2, 0) is 0 Å². The Labute approximate surface area is 122 Å². The summed E-state index contributed by atoms with van der Waals surface area (Å²) >= 11 is 2.05. The number of rotatable bonds is 4. The topological polar surface area (TPSA) is 35.8 Å². The van der Waals surface area contributed by atoms with Crippen molar-refractivity contribution in [2.45, 2.75) is 75.0 Å². The van der Waals surface area contributed by atoms with Crippen LogP contribution in [0.4, 0.5) is 0 Å². The van der Waals surface area contributed by atoms with E-state index in [-0.39, 0.29) is 5.92 Å². The summed E-state index contributed by atoms with van der Waals surface area (Å²) in [6, 6.07) is 2.99. The van der Waals surface area contributed by atoms with Crippen LogP contribution in [0, 0.1) is 17.2 Å². The zero-order chi connectivity index (χ0) is 13.6. The van der Waals surface area contributed by atoms with Gasteiger partial charge in [0.05, 0.1) is 12.0 Å². The minimum absolute atomic E-state index is 0.241. The summed E-state index contributed by atoms with van der Waals surface area (Å²) in [5.41, 5.74) is 0. The molecule has 2 saturated carbocycles. The minimum Gasteiger partial charge on any atom is -0.311 e. The van der Waals surface area contributed by atoms with Crippen molar-refractivity contribution < 1.29 is 0 Å². The van der Waals surface area contributed by atoms with Gasteiger partial charge in [-0.25, -0.2) is 0 Å². The predicted molar refractivity (Wildman–Crippen MR) is 83.3 cm³/mol. The fourth-order valence-electron chi connectivity index (χ4n) is 3.67. The molecule has 2 nitrogen and oxygen atoms in total. The second-order valence-electron chi connectivity index (χ2n) is 6.31. The number of thioether (sulfide) groups is 1. The molecule has 2 fully saturated rings. The lowest BCUT2D eigenvalue weighted by Crippen LogP contribution is -2.45. The van der Waals surface area contributed by atoms with Gasteiger partial charge in [-0.3, -0.25) is 0 Å². The van der Waals surface area contributed by atoms with Gasteiger partial charge in [0, 0.05) is 17.3 Å². The molecule has 0 aliphatic heterocycles. The number of nitriles is 1. The Morgan fingerprint density at radius 3 is 2.47 bits per heavy atom. The van der Waals surface area contributed by atoms with Crippen molar-refractivity contribution in [3.05, 3.63) is 0 Å². The number of hydrogen-bond acceptors (Lipinski definition) is 3. The van der Waals surface area contributed by atoms with Crippen molar-refractivity contribution in [2.24, 2.45) is 5.92 Å². The molecule has 2 atom stereocenters. The summed E-state index contributed by atoms with van der Waals surface area (Å²) in [7, 11) is 0. The number of hydrogen-bond donors (Lipinski definition) is 1. The molecule has 19 heavy (non-hydrogen) atoms. The highest BCUT2D eigenvalue weighted by Gasteiger charge is 2.33. The summed E-state index contributed by atoms with van der Waals surface area (Å²) in [6.45, 7) is 1.11. The molecule has 0 aromatic carbocycles. The Bertz CT molecular complexity index is 304. The molecule has 2 rings (SSSR count). The average molecular weight is 280 g/mol. The predicted octanol–water partition coefficient (Wildman–Crippen LogP) is 4.11. The summed E-state index contributed by atoms with van der Waals surface area (Å²) in [4.78, 5) is 0. The van der Waals surface area contributed by atoms with Crippen LogP contribution in [0.3, 0.4) is 0 Å². The van der Waals surface area contributed by atoms with Gasteiger partial charge in [-0.1, -0.05) is 38.5 Å². The van der Waals surface area contributed by atoms with E-state index in [0.29, 0.717) is 10.8 Å². The van der Waals surface area contributed by atoms with E-state index in [1.807, 2.05) is 0 Å². The zero-order valence-corrected chi connectivity index (χ0v) is 13.1. The third-order valence-electron chi connectivity index (χ3n) is 5.07. The molecule has 0 radical (unpaired) electrons. The van der Waals surface area contributed by atoms with Crippen LogP contribution in [0.2, 0.25) is 0 Å². The van der Waals surface area contributed by atoms with Crippen molar-refractivity contribution in [3.8, 4) is 6.07 Å². The third-order valence-corrected chi connectivity index (χ3v) is 6.48. The van der Waals surface area contributed by atoms with Gasteiger partial charge in [0.15, 0.2) is 0 Å². The van der Waals surface area contributed by atoms with E-state index in [2.05, 4.69) is 29.4 Å². The lowest BCUT2D eigenvalue weighted by atomic mass is 9.87. The molecule has 2 unspecified atom stereocenters. The first-order valence-electron chi connectivity index (χ1n) is 7.98. The van der Waals surface area contributed by atoms with E-state index >= 15 is 0 Å². The van der Waals surface area contributed by atoms with E-state index < -0.39 is 0 Å². The Hall–Kier alpha value is -0.200. The van der Waals surface area contributed by atoms with Crippen LogP contribution in [0.5, 0.6) is 0 Å². The highest BCUT2D eigenvalue weighted by molar-refractivity contribution is 8.00. The maximum Gasteiger partial charge on any atom is 0.0672 e. The third kappa shape index (κ3) is 4.13. The first-order valence-corrected chi connectivity index (χ1v) is 9.20. The SMILES string of the molecule is CSC1(CNC2CCCCCC2C#N)CCCCC1. The first kappa shape index (κ1) is 15.2. The fraction of sp³-hybridized carbons (Fsp3) is 0.938. The highest BCUT2D eigenvalue weighted by Crippen LogP contribution is 2.38. The van der Waals surface area contributed by atoms with Gasteiger partial charge in [-0.2, -0.15) is 17.0 Å². The quantitative estimate of drug-likeness (QED) is 0.787. The molecular formula is C16H28N2S. The molecule has 0 bridgehead atoms. The molecule has 0 saturated heterocycles. The van der Waals surface area contributed by atoms with Gasteiger partial charge in [0.1, 0.15) is 0 Å². The highest BCUT2D eigenvalue weighted by atomic mass is 32.2. The van der Waals surface area contributed by atoms with Crippen LogP contribution in [0.15, 0.2) is 0 Å². The molecular weight excluding hydrogens is 252 g/mol. The molecule has 0 amide bonds. The molecule has 3 heteroatoms. The van der Waals surface area contributed by atoms with Crippen LogP contribution < -0.4 is 5.32 Å². The molecule has 108 valence electrons. The molecule has 0 heterocycles. The second-order valence-corrected chi connectivity index (χ2v) is 7.58. The first-order chi connectivity index (χ1) is 9.29. The van der Waals surface area contributed by atoms with E-state index in [4.69, 9.17) is 0 Å². The molecule has 0 aromatic rings. The molecule has 2 aliphatic rings. The standard InChI is InChI=1S/C16H28N2S/c1-19-16(10-6-3-7-11-16)13-18-15-9-5-2-4-8-14(15)12-17/h14-15,18H,2-11,13H2,1H3. The van der Waals surface area contributed by atoms with Gasteiger partial charge in [-0.15, -0.1) is 0 Å². The van der Waals surface area contributed by atoms with Gasteiger partial charge in [-0.05, 0) is 31.9 Å². The minimum atomic E-state index is 0.241. The smallest absolute Gasteiger partial charge is 0.0672 e. The Balaban J connectivity index is 1.89. The van der Waals surface area contributed by atoms with Crippen molar-refractivity contribution in [1.29, 1.82) is 5.26 Å². The maximum absolute atomic E-state index is 9.35. The number of nitrogens with one attached hydrogen (secondary N) is 1. The molecule has 0 spiro atoms. The fourth-order valence-corrected chi connectivity index (χ4v) is 4.60. The van der Waals surface area contributed by atoms with Crippen molar-refractivity contribution in [2.75, 3.05) is 12.8 Å². The summed E-state index contributed by atoms with van der Waals surface area (Å²) in [5, 5.41) is 13.1. The summed E-state index contributed by atoms with van der Waals surface area (Å²) in [6.07, 6.45) is 15.3. The Morgan fingerprint density at radius 2 is 1.79 bits per heavy atom. The van der Waals surface area contributed by atoms with E-state index in [9.17, 15) is 5.26 Å². The normalized spacial score (nSPS) is 31.4. The van der Waals surface area contributed by atoms with Gasteiger partial charge < -0.3 is 5.32 Å². The Kier molecular flexibility index (Phi) is 6.04. The molecule has 1 N–H and O–H groups in total. The van der Waals surface area contributed by atoms with E-state index in [1.165, 1.54) is 57.8 Å². The molecule has 2 aliphatic carbocycles. The van der Waals surface area contributed by atoms with Gasteiger partial charge in [0.2, 0.25) is 0 Å². The second kappa shape index (κ2) is 7.55. The van der Waals surface area contributed by atoms with Gasteiger partial charge in [0.25, 0.3) is 0 Å². The number of nitrogens with zero attached hydrogens (tertiary/aromatic N) is 1. The maximum atomic E-state index is 9.35. The largest absolute Gasteiger partial charge is 0.311 e. The average Bonchev–Trinajstić information content (AvgIpc) is 2.71. The lowest BCUT2D eigenvalue weighted by molar-refractivity contribution is 0.329. The van der Waals surface area contributed by atoms with Crippen molar-refractivity contribution in [3.63, 3.8) is 0 Å². The lowest BCUT2D eigenvalue weighted by Gasteiger charge is -2.37. The van der Waals surface area contributed by atoms with Crippen LogP contribution in [0.25, 0.3) is 0 Å². The van der Waals surface area contributed by atoms with Crippen LogP contribution >= 0.6 is 11.8 Å². The van der Waals surface area contributed by atoms with E-state index in [0.717, 1.165) is 13.0 Å². The zero-order valence-electron chi connectivity index (χ0n) is 12.3. The monoisotopic (exact) mass is 280 g/mol.